The largest absolute Gasteiger partial charge is 0.472 e. The third-order valence-corrected chi connectivity index (χ3v) is 4.13. The van der Waals surface area contributed by atoms with Gasteiger partial charge in [0.1, 0.15) is 5.60 Å². The van der Waals surface area contributed by atoms with Gasteiger partial charge < -0.3 is 13.9 Å². The molecule has 1 aromatic heterocycles. The number of hydrogen-bond acceptors (Lipinski definition) is 5. The van der Waals surface area contributed by atoms with Crippen molar-refractivity contribution in [1.29, 1.82) is 0 Å². The zero-order valence-electron chi connectivity index (χ0n) is 12.5. The van der Waals surface area contributed by atoms with E-state index >= 15 is 0 Å². The lowest BCUT2D eigenvalue weighted by Crippen LogP contribution is -2.58. The van der Waals surface area contributed by atoms with E-state index in [9.17, 15) is 0 Å². The molecule has 21 heavy (non-hydrogen) atoms. The number of nitrogens with zero attached hydrogens (tertiary/aromatic N) is 2. The normalized spacial score (nSPS) is 28.6. The summed E-state index contributed by atoms with van der Waals surface area (Å²) in [5, 5.41) is 0. The van der Waals surface area contributed by atoms with E-state index in [4.69, 9.17) is 13.9 Å². The lowest BCUT2D eigenvalue weighted by Gasteiger charge is -2.43. The molecule has 5 heteroatoms. The first-order valence-corrected chi connectivity index (χ1v) is 7.58. The van der Waals surface area contributed by atoms with E-state index in [1.165, 1.54) is 5.56 Å². The van der Waals surface area contributed by atoms with Crippen molar-refractivity contribution >= 4 is 0 Å². The van der Waals surface area contributed by atoms with E-state index in [0.29, 0.717) is 6.61 Å². The summed E-state index contributed by atoms with van der Waals surface area (Å²) >= 11 is 0. The van der Waals surface area contributed by atoms with Crippen molar-refractivity contribution in [3.8, 4) is 0 Å². The summed E-state index contributed by atoms with van der Waals surface area (Å²) in [6.07, 6.45) is 5.49. The Hall–Kier alpha value is -1.14. The van der Waals surface area contributed by atoms with Crippen LogP contribution in [-0.2, 0) is 16.0 Å². The minimum atomic E-state index is -0.221. The Labute approximate surface area is 126 Å². The number of rotatable bonds is 4. The van der Waals surface area contributed by atoms with Crippen LogP contribution >= 0.6 is 0 Å². The smallest absolute Gasteiger partial charge is 0.117 e. The number of ether oxygens (including phenoxy) is 2. The van der Waals surface area contributed by atoms with E-state index in [1.807, 2.05) is 18.4 Å². The molecule has 1 aromatic rings. The molecule has 1 atom stereocenters. The van der Waals surface area contributed by atoms with Crippen LogP contribution in [0.2, 0.25) is 0 Å². The van der Waals surface area contributed by atoms with Crippen molar-refractivity contribution in [3.63, 3.8) is 0 Å². The van der Waals surface area contributed by atoms with Crippen LogP contribution in [0.25, 0.3) is 0 Å². The van der Waals surface area contributed by atoms with Crippen molar-refractivity contribution < 1.29 is 13.9 Å². The van der Waals surface area contributed by atoms with Gasteiger partial charge in [-0.15, -0.1) is 6.58 Å². The Morgan fingerprint density at radius 2 is 2.10 bits per heavy atom. The molecular formula is C16H24N2O3. The van der Waals surface area contributed by atoms with E-state index in [0.717, 1.165) is 52.5 Å². The molecule has 0 aromatic carbocycles. The highest BCUT2D eigenvalue weighted by Crippen LogP contribution is 2.23. The lowest BCUT2D eigenvalue weighted by molar-refractivity contribution is -0.142. The van der Waals surface area contributed by atoms with Crippen LogP contribution in [0.4, 0.5) is 0 Å². The molecule has 2 saturated heterocycles. The highest BCUT2D eigenvalue weighted by molar-refractivity contribution is 5.06. The van der Waals surface area contributed by atoms with Gasteiger partial charge in [-0.3, -0.25) is 9.80 Å². The van der Waals surface area contributed by atoms with E-state index in [2.05, 4.69) is 16.4 Å². The Morgan fingerprint density at radius 3 is 2.90 bits per heavy atom. The standard InChI is InChI=1S/C16H24N2O3/c1-2-4-17-5-8-20-14-16(12-17)13-18(6-9-21-16)10-15-3-7-19-11-15/h2-3,7,11H,1,4-6,8-10,12-14H2/t16-/m1/s1. The summed E-state index contributed by atoms with van der Waals surface area (Å²) < 4.78 is 17.1. The van der Waals surface area contributed by atoms with Crippen LogP contribution in [0.5, 0.6) is 0 Å². The van der Waals surface area contributed by atoms with E-state index in [1.54, 1.807) is 6.26 Å². The number of hydrogen-bond donors (Lipinski definition) is 0. The first-order chi connectivity index (χ1) is 10.3. The molecule has 0 radical (unpaired) electrons. The molecular weight excluding hydrogens is 268 g/mol. The van der Waals surface area contributed by atoms with Crippen molar-refractivity contribution in [3.05, 3.63) is 36.8 Å². The van der Waals surface area contributed by atoms with Crippen LogP contribution in [0, 0.1) is 0 Å². The van der Waals surface area contributed by atoms with Crippen LogP contribution in [0.15, 0.2) is 35.7 Å². The fourth-order valence-electron chi connectivity index (χ4n) is 3.20. The SMILES string of the molecule is C=CCN1CCOC[C@@]2(C1)CN(Cc1ccoc1)CCO2. The summed E-state index contributed by atoms with van der Waals surface area (Å²) in [6, 6.07) is 2.02. The van der Waals surface area contributed by atoms with Gasteiger partial charge in [0, 0.05) is 44.8 Å². The Balaban J connectivity index is 1.66. The van der Waals surface area contributed by atoms with Crippen molar-refractivity contribution in [1.82, 2.24) is 9.80 Å². The fourth-order valence-corrected chi connectivity index (χ4v) is 3.20. The molecule has 3 heterocycles. The lowest BCUT2D eigenvalue weighted by atomic mass is 10.0. The number of morpholine rings is 1. The van der Waals surface area contributed by atoms with Gasteiger partial charge in [-0.1, -0.05) is 6.08 Å². The van der Waals surface area contributed by atoms with Crippen LogP contribution in [0.1, 0.15) is 5.56 Å². The first-order valence-electron chi connectivity index (χ1n) is 7.58. The minimum Gasteiger partial charge on any atom is -0.472 e. The van der Waals surface area contributed by atoms with Crippen molar-refractivity contribution in [2.24, 2.45) is 0 Å². The maximum Gasteiger partial charge on any atom is 0.117 e. The van der Waals surface area contributed by atoms with Gasteiger partial charge >= 0.3 is 0 Å². The van der Waals surface area contributed by atoms with Gasteiger partial charge in [-0.25, -0.2) is 0 Å². The zero-order valence-corrected chi connectivity index (χ0v) is 12.5. The molecule has 1 spiro atoms. The Morgan fingerprint density at radius 1 is 1.24 bits per heavy atom. The Bertz CT molecular complexity index is 448. The summed E-state index contributed by atoms with van der Waals surface area (Å²) in [7, 11) is 0. The quantitative estimate of drug-likeness (QED) is 0.784. The van der Waals surface area contributed by atoms with Gasteiger partial charge in [0.2, 0.25) is 0 Å². The molecule has 2 aliphatic heterocycles. The molecule has 0 aliphatic carbocycles. The molecule has 0 saturated carbocycles. The van der Waals surface area contributed by atoms with Gasteiger partial charge in [-0.2, -0.15) is 0 Å². The monoisotopic (exact) mass is 292 g/mol. The number of furan rings is 1. The molecule has 5 nitrogen and oxygen atoms in total. The third-order valence-electron chi connectivity index (χ3n) is 4.13. The molecule has 0 N–H and O–H groups in total. The topological polar surface area (TPSA) is 38.1 Å². The van der Waals surface area contributed by atoms with Crippen LogP contribution < -0.4 is 0 Å². The average Bonchev–Trinajstić information content (AvgIpc) is 2.90. The minimum absolute atomic E-state index is 0.221. The highest BCUT2D eigenvalue weighted by atomic mass is 16.5. The Kier molecular flexibility index (Phi) is 4.75. The molecule has 0 amide bonds. The van der Waals surface area contributed by atoms with Crippen molar-refractivity contribution in [2.45, 2.75) is 12.1 Å². The first kappa shape index (κ1) is 14.8. The predicted octanol–water partition coefficient (Wildman–Crippen LogP) is 1.37. The molecule has 2 aliphatic rings. The second-order valence-electron chi connectivity index (χ2n) is 5.95. The summed E-state index contributed by atoms with van der Waals surface area (Å²) in [6.45, 7) is 11.5. The van der Waals surface area contributed by atoms with Gasteiger partial charge in [0.25, 0.3) is 0 Å². The fraction of sp³-hybridized carbons (Fsp3) is 0.625. The van der Waals surface area contributed by atoms with Gasteiger partial charge in [0.05, 0.1) is 32.3 Å². The summed E-state index contributed by atoms with van der Waals surface area (Å²) in [5.74, 6) is 0. The van der Waals surface area contributed by atoms with Crippen molar-refractivity contribution in [2.75, 3.05) is 52.5 Å². The highest BCUT2D eigenvalue weighted by Gasteiger charge is 2.39. The summed E-state index contributed by atoms with van der Waals surface area (Å²) in [5.41, 5.74) is 0.992. The predicted molar refractivity (Wildman–Crippen MR) is 80.1 cm³/mol. The van der Waals surface area contributed by atoms with Crippen LogP contribution in [-0.4, -0.2) is 67.9 Å². The molecule has 116 valence electrons. The second-order valence-corrected chi connectivity index (χ2v) is 5.95. The average molecular weight is 292 g/mol. The molecule has 0 unspecified atom stereocenters. The van der Waals surface area contributed by atoms with E-state index < -0.39 is 0 Å². The molecule has 0 bridgehead atoms. The summed E-state index contributed by atoms with van der Waals surface area (Å²) in [4.78, 5) is 4.79. The maximum atomic E-state index is 6.15. The van der Waals surface area contributed by atoms with Crippen LogP contribution in [0.3, 0.4) is 0 Å². The van der Waals surface area contributed by atoms with Gasteiger partial charge in [0.15, 0.2) is 0 Å². The second kappa shape index (κ2) is 6.75. The van der Waals surface area contributed by atoms with Gasteiger partial charge in [-0.05, 0) is 6.07 Å². The van der Waals surface area contributed by atoms with E-state index in [-0.39, 0.29) is 5.60 Å². The maximum absolute atomic E-state index is 6.15. The molecule has 2 fully saturated rings. The third kappa shape index (κ3) is 3.74. The molecule has 3 rings (SSSR count). The zero-order chi connectivity index (χ0) is 14.5.